The minimum atomic E-state index is -2.92. The van der Waals surface area contributed by atoms with Crippen molar-refractivity contribution in [2.45, 2.75) is 12.8 Å². The molecule has 2 aromatic carbocycles. The topological polar surface area (TPSA) is 37.3 Å². The number of hydrogen-bond donors (Lipinski definition) is 1. The summed E-state index contributed by atoms with van der Waals surface area (Å²) in [4.78, 5) is 10.9. The first-order chi connectivity index (χ1) is 8.88. The molecule has 0 atom stereocenters. The summed E-state index contributed by atoms with van der Waals surface area (Å²) in [5, 5.41) is 8.92. The van der Waals surface area contributed by atoms with Crippen molar-refractivity contribution in [3.8, 4) is 11.1 Å². The van der Waals surface area contributed by atoms with Gasteiger partial charge in [0.25, 0.3) is 5.92 Å². The summed E-state index contributed by atoms with van der Waals surface area (Å²) >= 11 is 0. The summed E-state index contributed by atoms with van der Waals surface area (Å²) in [7, 11) is 0. The summed E-state index contributed by atoms with van der Waals surface area (Å²) in [6.45, 7) is 0.833. The van der Waals surface area contributed by atoms with E-state index in [0.29, 0.717) is 11.1 Å². The maximum absolute atomic E-state index is 13.3. The van der Waals surface area contributed by atoms with Crippen molar-refractivity contribution in [3.05, 3.63) is 59.7 Å². The molecule has 19 heavy (non-hydrogen) atoms. The Kier molecular flexibility index (Phi) is 3.34. The Morgan fingerprint density at radius 2 is 1.63 bits per heavy atom. The minimum Gasteiger partial charge on any atom is -0.478 e. The normalized spacial score (nSPS) is 11.3. The van der Waals surface area contributed by atoms with Crippen LogP contribution in [0.4, 0.5) is 8.78 Å². The first kappa shape index (κ1) is 13.2. The van der Waals surface area contributed by atoms with Crippen LogP contribution in [0.15, 0.2) is 48.5 Å². The highest BCUT2D eigenvalue weighted by Crippen LogP contribution is 2.30. The maximum Gasteiger partial charge on any atom is 0.335 e. The second kappa shape index (κ2) is 4.80. The van der Waals surface area contributed by atoms with Crippen molar-refractivity contribution in [2.24, 2.45) is 0 Å². The van der Waals surface area contributed by atoms with Crippen LogP contribution in [0, 0.1) is 0 Å². The fourth-order valence-electron chi connectivity index (χ4n) is 1.80. The van der Waals surface area contributed by atoms with E-state index in [0.717, 1.165) is 6.92 Å². The number of alkyl halides is 2. The third-order valence-corrected chi connectivity index (χ3v) is 2.81. The Hall–Kier alpha value is -2.23. The minimum absolute atomic E-state index is 0.0919. The second-order valence-electron chi connectivity index (χ2n) is 4.36. The van der Waals surface area contributed by atoms with E-state index < -0.39 is 11.9 Å². The molecule has 0 bridgehead atoms. The summed E-state index contributed by atoms with van der Waals surface area (Å²) in [5.41, 5.74) is 1.21. The molecule has 0 aromatic heterocycles. The SMILES string of the molecule is CC(F)(F)c1cccc(-c2cccc(C(=O)O)c2)c1. The lowest BCUT2D eigenvalue weighted by Gasteiger charge is -2.12. The van der Waals surface area contributed by atoms with E-state index in [1.165, 1.54) is 30.3 Å². The van der Waals surface area contributed by atoms with Gasteiger partial charge in [0, 0.05) is 12.5 Å². The highest BCUT2D eigenvalue weighted by atomic mass is 19.3. The predicted molar refractivity (Wildman–Crippen MR) is 68.4 cm³/mol. The van der Waals surface area contributed by atoms with Gasteiger partial charge in [-0.1, -0.05) is 30.3 Å². The number of carbonyl (C=O) groups is 1. The fraction of sp³-hybridized carbons (Fsp3) is 0.133. The average Bonchev–Trinajstić information content (AvgIpc) is 2.38. The van der Waals surface area contributed by atoms with Crippen molar-refractivity contribution < 1.29 is 18.7 Å². The van der Waals surface area contributed by atoms with Gasteiger partial charge in [0.05, 0.1) is 5.56 Å². The summed E-state index contributed by atoms with van der Waals surface area (Å²) in [5.74, 6) is -3.96. The molecule has 0 saturated heterocycles. The predicted octanol–water partition coefficient (Wildman–Crippen LogP) is 4.16. The standard InChI is InChI=1S/C15H12F2O2/c1-15(16,17)13-7-3-5-11(9-13)10-4-2-6-12(8-10)14(18)19/h2-9H,1H3,(H,18,19). The van der Waals surface area contributed by atoms with Gasteiger partial charge in [0.15, 0.2) is 0 Å². The van der Waals surface area contributed by atoms with Gasteiger partial charge in [0.2, 0.25) is 0 Å². The molecule has 4 heteroatoms. The number of aromatic carboxylic acids is 1. The molecular weight excluding hydrogens is 250 g/mol. The van der Waals surface area contributed by atoms with E-state index in [4.69, 9.17) is 5.11 Å². The molecular formula is C15H12F2O2. The molecule has 0 fully saturated rings. The molecule has 2 nitrogen and oxygen atoms in total. The Bertz CT molecular complexity index is 616. The van der Waals surface area contributed by atoms with Crippen LogP contribution in [-0.2, 0) is 5.92 Å². The quantitative estimate of drug-likeness (QED) is 0.901. The summed E-state index contributed by atoms with van der Waals surface area (Å²) < 4.78 is 26.5. The van der Waals surface area contributed by atoms with Crippen molar-refractivity contribution >= 4 is 5.97 Å². The van der Waals surface area contributed by atoms with Gasteiger partial charge in [0.1, 0.15) is 0 Å². The van der Waals surface area contributed by atoms with Crippen LogP contribution in [0.2, 0.25) is 0 Å². The Morgan fingerprint density at radius 3 is 2.21 bits per heavy atom. The number of rotatable bonds is 3. The molecule has 0 radical (unpaired) electrons. The average molecular weight is 262 g/mol. The molecule has 0 unspecified atom stereocenters. The lowest BCUT2D eigenvalue weighted by molar-refractivity contribution is 0.0175. The third kappa shape index (κ3) is 2.96. The first-order valence-electron chi connectivity index (χ1n) is 5.70. The largest absolute Gasteiger partial charge is 0.478 e. The zero-order valence-electron chi connectivity index (χ0n) is 10.2. The number of halogens is 2. The lowest BCUT2D eigenvalue weighted by atomic mass is 9.99. The van der Waals surface area contributed by atoms with Crippen molar-refractivity contribution in [2.75, 3.05) is 0 Å². The molecule has 1 N–H and O–H groups in total. The number of carboxylic acid groups (broad SMARTS) is 1. The van der Waals surface area contributed by atoms with E-state index in [2.05, 4.69) is 0 Å². The van der Waals surface area contributed by atoms with Crippen molar-refractivity contribution in [1.29, 1.82) is 0 Å². The van der Waals surface area contributed by atoms with Crippen LogP contribution in [-0.4, -0.2) is 11.1 Å². The van der Waals surface area contributed by atoms with E-state index >= 15 is 0 Å². The van der Waals surface area contributed by atoms with Crippen LogP contribution >= 0.6 is 0 Å². The zero-order valence-corrected chi connectivity index (χ0v) is 10.2. The Labute approximate surface area is 109 Å². The van der Waals surface area contributed by atoms with Crippen LogP contribution < -0.4 is 0 Å². The third-order valence-electron chi connectivity index (χ3n) is 2.81. The van der Waals surface area contributed by atoms with Crippen molar-refractivity contribution in [3.63, 3.8) is 0 Å². The molecule has 0 amide bonds. The number of carboxylic acids is 1. The van der Waals surface area contributed by atoms with E-state index in [-0.39, 0.29) is 11.1 Å². The molecule has 0 spiro atoms. The highest BCUT2D eigenvalue weighted by molar-refractivity contribution is 5.89. The van der Waals surface area contributed by atoms with Gasteiger partial charge < -0.3 is 5.11 Å². The summed E-state index contributed by atoms with van der Waals surface area (Å²) in [6.07, 6.45) is 0. The Balaban J connectivity index is 2.48. The van der Waals surface area contributed by atoms with Crippen LogP contribution in [0.25, 0.3) is 11.1 Å². The highest BCUT2D eigenvalue weighted by Gasteiger charge is 2.24. The monoisotopic (exact) mass is 262 g/mol. The molecule has 0 heterocycles. The van der Waals surface area contributed by atoms with Crippen LogP contribution in [0.3, 0.4) is 0 Å². The molecule has 98 valence electrons. The van der Waals surface area contributed by atoms with Crippen LogP contribution in [0.1, 0.15) is 22.8 Å². The van der Waals surface area contributed by atoms with Crippen LogP contribution in [0.5, 0.6) is 0 Å². The maximum atomic E-state index is 13.3. The van der Waals surface area contributed by atoms with Gasteiger partial charge in [-0.2, -0.15) is 0 Å². The van der Waals surface area contributed by atoms with Gasteiger partial charge in [-0.05, 0) is 29.3 Å². The number of hydrogen-bond acceptors (Lipinski definition) is 1. The van der Waals surface area contributed by atoms with E-state index in [1.807, 2.05) is 0 Å². The molecule has 2 aromatic rings. The van der Waals surface area contributed by atoms with E-state index in [1.54, 1.807) is 18.2 Å². The lowest BCUT2D eigenvalue weighted by Crippen LogP contribution is -2.06. The van der Waals surface area contributed by atoms with Gasteiger partial charge in [-0.15, -0.1) is 0 Å². The van der Waals surface area contributed by atoms with Gasteiger partial charge in [-0.25, -0.2) is 13.6 Å². The van der Waals surface area contributed by atoms with Crippen molar-refractivity contribution in [1.82, 2.24) is 0 Å². The fourth-order valence-corrected chi connectivity index (χ4v) is 1.80. The first-order valence-corrected chi connectivity index (χ1v) is 5.70. The molecule has 0 saturated carbocycles. The second-order valence-corrected chi connectivity index (χ2v) is 4.36. The molecule has 0 aliphatic heterocycles. The number of benzene rings is 2. The summed E-state index contributed by atoms with van der Waals surface area (Å²) in [6, 6.07) is 12.2. The smallest absolute Gasteiger partial charge is 0.335 e. The Morgan fingerprint density at radius 1 is 1.05 bits per heavy atom. The van der Waals surface area contributed by atoms with E-state index in [9.17, 15) is 13.6 Å². The van der Waals surface area contributed by atoms with Gasteiger partial charge in [-0.3, -0.25) is 0 Å². The molecule has 0 aliphatic carbocycles. The molecule has 2 rings (SSSR count). The zero-order chi connectivity index (χ0) is 14.0. The van der Waals surface area contributed by atoms with Gasteiger partial charge >= 0.3 is 5.97 Å². The molecule has 0 aliphatic rings.